The minimum absolute atomic E-state index is 0.110. The van der Waals surface area contributed by atoms with E-state index in [4.69, 9.17) is 4.74 Å². The second-order valence-electron chi connectivity index (χ2n) is 7.73. The maximum atomic E-state index is 13.5. The van der Waals surface area contributed by atoms with Crippen LogP contribution >= 0.6 is 0 Å². The quantitative estimate of drug-likeness (QED) is 0.521. The molecular formula is C21H19F3N6O2. The minimum Gasteiger partial charge on any atom is -0.496 e. The molecule has 8 nitrogen and oxygen atoms in total. The summed E-state index contributed by atoms with van der Waals surface area (Å²) in [4.78, 5) is 26.0. The Morgan fingerprint density at radius 1 is 1.28 bits per heavy atom. The number of hydrogen-bond acceptors (Lipinski definition) is 5. The number of benzene rings is 1. The van der Waals surface area contributed by atoms with Crippen molar-refractivity contribution in [2.75, 3.05) is 20.2 Å². The molecule has 166 valence electrons. The number of aromatic nitrogens is 5. The van der Waals surface area contributed by atoms with Crippen molar-refractivity contribution in [2.45, 2.75) is 24.9 Å². The summed E-state index contributed by atoms with van der Waals surface area (Å²) in [5.41, 5.74) is 0.506. The fraction of sp³-hybridized carbons (Fsp3) is 0.333. The van der Waals surface area contributed by atoms with Gasteiger partial charge in [0, 0.05) is 29.9 Å². The number of aromatic amines is 1. The number of hydrogen-bond donors (Lipinski definition) is 1. The molecule has 4 heterocycles. The minimum atomic E-state index is -4.60. The number of rotatable bonds is 3. The van der Waals surface area contributed by atoms with E-state index in [1.54, 1.807) is 18.1 Å². The lowest BCUT2D eigenvalue weighted by molar-refractivity contribution is -0.142. The predicted molar refractivity (Wildman–Crippen MR) is 109 cm³/mol. The van der Waals surface area contributed by atoms with Gasteiger partial charge < -0.3 is 14.6 Å². The predicted octanol–water partition coefficient (Wildman–Crippen LogP) is 3.65. The average molecular weight is 444 g/mol. The van der Waals surface area contributed by atoms with Crippen LogP contribution in [0.2, 0.25) is 0 Å². The van der Waals surface area contributed by atoms with Crippen molar-refractivity contribution in [1.82, 2.24) is 29.5 Å². The van der Waals surface area contributed by atoms with Crippen LogP contribution < -0.4 is 4.74 Å². The maximum Gasteiger partial charge on any atom is 0.433 e. The fourth-order valence-electron chi connectivity index (χ4n) is 4.24. The van der Waals surface area contributed by atoms with E-state index in [2.05, 4.69) is 20.1 Å². The van der Waals surface area contributed by atoms with E-state index in [0.717, 1.165) is 23.3 Å². The first-order chi connectivity index (χ1) is 15.3. The number of fused-ring (bicyclic) bond motifs is 2. The summed E-state index contributed by atoms with van der Waals surface area (Å²) in [6, 6.07) is 8.24. The lowest BCUT2D eigenvalue weighted by Gasteiger charge is -2.32. The molecule has 1 aromatic carbocycles. The Balaban J connectivity index is 1.44. The number of halogens is 3. The van der Waals surface area contributed by atoms with Gasteiger partial charge in [-0.25, -0.2) is 4.98 Å². The van der Waals surface area contributed by atoms with Gasteiger partial charge >= 0.3 is 6.18 Å². The van der Waals surface area contributed by atoms with Crippen molar-refractivity contribution >= 4 is 22.6 Å². The van der Waals surface area contributed by atoms with E-state index >= 15 is 0 Å². The van der Waals surface area contributed by atoms with Gasteiger partial charge in [0.1, 0.15) is 17.8 Å². The van der Waals surface area contributed by atoms with Crippen molar-refractivity contribution in [1.29, 1.82) is 0 Å². The Labute approximate surface area is 180 Å². The van der Waals surface area contributed by atoms with Gasteiger partial charge in [0.2, 0.25) is 0 Å². The summed E-state index contributed by atoms with van der Waals surface area (Å²) in [6.45, 7) is 0.779. The number of nitrogens with one attached hydrogen (secondary N) is 1. The van der Waals surface area contributed by atoms with Gasteiger partial charge in [-0.2, -0.15) is 27.8 Å². The molecule has 0 aliphatic carbocycles. The van der Waals surface area contributed by atoms with Crippen molar-refractivity contribution in [3.8, 4) is 5.75 Å². The normalized spacial score (nSPS) is 17.2. The highest BCUT2D eigenvalue weighted by atomic mass is 19.4. The first kappa shape index (κ1) is 20.3. The molecule has 32 heavy (non-hydrogen) atoms. The number of piperidine rings is 1. The highest BCUT2D eigenvalue weighted by Gasteiger charge is 2.37. The first-order valence-electron chi connectivity index (χ1n) is 10.1. The van der Waals surface area contributed by atoms with E-state index in [9.17, 15) is 18.0 Å². The van der Waals surface area contributed by atoms with Crippen LogP contribution in [0.3, 0.4) is 0 Å². The molecule has 11 heteroatoms. The molecule has 1 amide bonds. The summed E-state index contributed by atoms with van der Waals surface area (Å²) in [6.07, 6.45) is -2.28. The van der Waals surface area contributed by atoms with Crippen LogP contribution in [0.5, 0.6) is 5.75 Å². The van der Waals surface area contributed by atoms with Crippen LogP contribution in [0.25, 0.3) is 16.7 Å². The van der Waals surface area contributed by atoms with Crippen molar-refractivity contribution in [3.05, 3.63) is 53.7 Å². The molecule has 0 spiro atoms. The van der Waals surface area contributed by atoms with Gasteiger partial charge in [-0.3, -0.25) is 4.79 Å². The van der Waals surface area contributed by atoms with E-state index < -0.39 is 11.9 Å². The van der Waals surface area contributed by atoms with Crippen molar-refractivity contribution < 1.29 is 22.7 Å². The van der Waals surface area contributed by atoms with Gasteiger partial charge in [0.15, 0.2) is 5.69 Å². The van der Waals surface area contributed by atoms with Crippen LogP contribution in [-0.4, -0.2) is 55.6 Å². The molecule has 5 rings (SSSR count). The van der Waals surface area contributed by atoms with Crippen molar-refractivity contribution in [2.24, 2.45) is 0 Å². The SMILES string of the molecule is COc1cccc2[nH]c(C(=O)N3CCC[C@H](c4cc(C(F)(F)F)n5ncnc5n4)C3)cc12. The van der Waals surface area contributed by atoms with E-state index in [1.807, 2.05) is 18.2 Å². The summed E-state index contributed by atoms with van der Waals surface area (Å²) in [7, 11) is 1.56. The van der Waals surface area contributed by atoms with Crippen LogP contribution in [0, 0.1) is 0 Å². The number of alkyl halides is 3. The van der Waals surface area contributed by atoms with Gasteiger partial charge in [0.25, 0.3) is 11.7 Å². The third kappa shape index (κ3) is 3.43. The molecule has 1 fully saturated rings. The first-order valence-corrected chi connectivity index (χ1v) is 10.1. The molecule has 1 N–H and O–H groups in total. The lowest BCUT2D eigenvalue weighted by Crippen LogP contribution is -2.39. The fourth-order valence-corrected chi connectivity index (χ4v) is 4.24. The van der Waals surface area contributed by atoms with Crippen LogP contribution in [-0.2, 0) is 6.18 Å². The monoisotopic (exact) mass is 444 g/mol. The third-order valence-corrected chi connectivity index (χ3v) is 5.76. The lowest BCUT2D eigenvalue weighted by atomic mass is 9.94. The van der Waals surface area contributed by atoms with Crippen molar-refractivity contribution in [3.63, 3.8) is 0 Å². The number of H-pyrrole nitrogens is 1. The standard InChI is InChI=1S/C21H19F3N6O2/c1-32-17-6-2-5-14-13(17)8-16(27-14)19(31)29-7-3-4-12(10-29)15-9-18(21(22,23)24)30-20(28-15)25-11-26-30/h2,5-6,8-9,11-12,27H,3-4,7,10H2,1H3/t12-/m0/s1. The molecule has 1 atom stereocenters. The third-order valence-electron chi connectivity index (χ3n) is 5.76. The summed E-state index contributed by atoms with van der Waals surface area (Å²) in [5, 5.41) is 4.43. The highest BCUT2D eigenvalue weighted by Crippen LogP contribution is 2.34. The Morgan fingerprint density at radius 2 is 2.12 bits per heavy atom. The molecule has 4 aromatic rings. The van der Waals surface area contributed by atoms with E-state index in [1.165, 1.54) is 0 Å². The number of amides is 1. The topological polar surface area (TPSA) is 88.4 Å². The summed E-state index contributed by atoms with van der Waals surface area (Å²) >= 11 is 0. The number of methoxy groups -OCH3 is 1. The number of carbonyl (C=O) groups excluding carboxylic acids is 1. The molecule has 1 aliphatic heterocycles. The highest BCUT2D eigenvalue weighted by molar-refractivity contribution is 5.99. The van der Waals surface area contributed by atoms with Crippen LogP contribution in [0.15, 0.2) is 36.7 Å². The molecule has 1 aliphatic rings. The molecular weight excluding hydrogens is 425 g/mol. The van der Waals surface area contributed by atoms with Gasteiger partial charge in [-0.1, -0.05) is 6.07 Å². The van der Waals surface area contributed by atoms with Gasteiger partial charge in [-0.15, -0.1) is 0 Å². The zero-order valence-electron chi connectivity index (χ0n) is 17.1. The van der Waals surface area contributed by atoms with E-state index in [-0.39, 0.29) is 29.8 Å². The Kier molecular flexibility index (Phi) is 4.75. The van der Waals surface area contributed by atoms with Crippen LogP contribution in [0.1, 0.15) is 40.6 Å². The molecule has 3 aromatic heterocycles. The number of nitrogens with zero attached hydrogens (tertiary/aromatic N) is 5. The average Bonchev–Trinajstić information content (AvgIpc) is 3.44. The van der Waals surface area contributed by atoms with E-state index in [0.29, 0.717) is 35.3 Å². The second kappa shape index (κ2) is 7.50. The molecule has 0 saturated carbocycles. The summed E-state index contributed by atoms with van der Waals surface area (Å²) < 4.78 is 46.6. The molecule has 0 bridgehead atoms. The molecule has 0 radical (unpaired) electrons. The Hall–Kier alpha value is -3.63. The zero-order valence-corrected chi connectivity index (χ0v) is 17.1. The number of likely N-dealkylation sites (tertiary alicyclic amines) is 1. The van der Waals surface area contributed by atoms with Crippen LogP contribution in [0.4, 0.5) is 13.2 Å². The molecule has 1 saturated heterocycles. The smallest absolute Gasteiger partial charge is 0.433 e. The summed E-state index contributed by atoms with van der Waals surface area (Å²) in [5.74, 6) is -0.0113. The zero-order chi connectivity index (χ0) is 22.5. The number of carbonyl (C=O) groups is 1. The Bertz CT molecular complexity index is 1310. The second-order valence-corrected chi connectivity index (χ2v) is 7.73. The maximum absolute atomic E-state index is 13.5. The largest absolute Gasteiger partial charge is 0.496 e. The van der Waals surface area contributed by atoms with Gasteiger partial charge in [-0.05, 0) is 37.1 Å². The number of ether oxygens (including phenoxy) is 1. The van der Waals surface area contributed by atoms with Gasteiger partial charge in [0.05, 0.1) is 12.8 Å². The molecule has 0 unspecified atom stereocenters. The Morgan fingerprint density at radius 3 is 2.91 bits per heavy atom.